The number of ether oxygens (including phenoxy) is 2. The first kappa shape index (κ1) is 23.7. The van der Waals surface area contributed by atoms with E-state index in [9.17, 15) is 8.42 Å². The van der Waals surface area contributed by atoms with Crippen LogP contribution in [0.1, 0.15) is 12.7 Å². The molecule has 0 aliphatic rings. The van der Waals surface area contributed by atoms with E-state index in [2.05, 4.69) is 40.8 Å². The lowest BCUT2D eigenvalue weighted by atomic mass is 10.2. The van der Waals surface area contributed by atoms with E-state index < -0.39 is 15.3 Å². The van der Waals surface area contributed by atoms with E-state index in [1.54, 1.807) is 49.6 Å². The molecule has 1 aromatic carbocycles. The predicted octanol–water partition coefficient (Wildman–Crippen LogP) is 3.47. The summed E-state index contributed by atoms with van der Waals surface area (Å²) in [6, 6.07) is 8.57. The second-order valence-corrected chi connectivity index (χ2v) is 10.2. The minimum absolute atomic E-state index is 0.0576. The molecule has 4 rings (SSSR count). The van der Waals surface area contributed by atoms with Crippen molar-refractivity contribution in [3.63, 3.8) is 0 Å². The molecule has 0 bridgehead atoms. The van der Waals surface area contributed by atoms with Crippen LogP contribution in [-0.4, -0.2) is 52.6 Å². The number of para-hydroxylation sites is 1. The third-order valence-corrected chi connectivity index (χ3v) is 7.04. The highest BCUT2D eigenvalue weighted by Crippen LogP contribution is 2.37. The molecule has 3 heterocycles. The standard InChI is InChI=1S/C21H21BrN6O5S/c1-13(10-18-23-11-14(22)12-24-18)34(29,30)27-21-26-25-20(17-8-5-9-33-17)28(21)19-15(31-2)6-4-7-16(19)32-3/h4-9,11-13H,10H2,1-3H3,(H,26,27). The molecule has 0 amide bonds. The number of rotatable bonds is 9. The number of furan rings is 1. The summed E-state index contributed by atoms with van der Waals surface area (Å²) in [5.41, 5.74) is 0.408. The average molecular weight is 549 g/mol. The summed E-state index contributed by atoms with van der Waals surface area (Å²) < 4.78 is 47.7. The van der Waals surface area contributed by atoms with Crippen LogP contribution in [-0.2, 0) is 16.4 Å². The summed E-state index contributed by atoms with van der Waals surface area (Å²) >= 11 is 3.27. The molecular weight excluding hydrogens is 528 g/mol. The lowest BCUT2D eigenvalue weighted by molar-refractivity contribution is 0.391. The van der Waals surface area contributed by atoms with E-state index in [4.69, 9.17) is 13.9 Å². The Morgan fingerprint density at radius 2 is 1.76 bits per heavy atom. The Labute approximate surface area is 204 Å². The van der Waals surface area contributed by atoms with E-state index in [1.807, 2.05) is 0 Å². The predicted molar refractivity (Wildman–Crippen MR) is 128 cm³/mol. The molecule has 0 aliphatic carbocycles. The Hall–Kier alpha value is -3.45. The van der Waals surface area contributed by atoms with Crippen molar-refractivity contribution >= 4 is 31.9 Å². The number of methoxy groups -OCH3 is 2. The fourth-order valence-corrected chi connectivity index (χ4v) is 4.38. The highest BCUT2D eigenvalue weighted by atomic mass is 79.9. The van der Waals surface area contributed by atoms with Crippen molar-refractivity contribution in [3.05, 3.63) is 59.3 Å². The van der Waals surface area contributed by atoms with Crippen LogP contribution in [0.15, 0.2) is 57.9 Å². The molecule has 0 spiro atoms. The number of hydrogen-bond acceptors (Lipinski definition) is 9. The van der Waals surface area contributed by atoms with E-state index >= 15 is 0 Å². The second kappa shape index (κ2) is 9.81. The highest BCUT2D eigenvalue weighted by molar-refractivity contribution is 9.10. The number of nitrogens with zero attached hydrogens (tertiary/aromatic N) is 5. The lowest BCUT2D eigenvalue weighted by Crippen LogP contribution is -2.29. The largest absolute Gasteiger partial charge is 0.494 e. The van der Waals surface area contributed by atoms with Gasteiger partial charge in [-0.25, -0.2) is 18.4 Å². The maximum atomic E-state index is 13.2. The Kier molecular flexibility index (Phi) is 6.84. The normalized spacial score (nSPS) is 12.4. The number of benzene rings is 1. The van der Waals surface area contributed by atoms with Gasteiger partial charge in [0.2, 0.25) is 21.8 Å². The maximum Gasteiger partial charge on any atom is 0.243 e. The van der Waals surface area contributed by atoms with Gasteiger partial charge in [0, 0.05) is 18.8 Å². The van der Waals surface area contributed by atoms with Crippen LogP contribution in [0.4, 0.5) is 5.95 Å². The van der Waals surface area contributed by atoms with Crippen LogP contribution >= 0.6 is 15.9 Å². The molecule has 0 fully saturated rings. The molecule has 0 saturated heterocycles. The summed E-state index contributed by atoms with van der Waals surface area (Å²) in [5, 5.41) is 7.40. The molecule has 34 heavy (non-hydrogen) atoms. The Balaban J connectivity index is 1.77. The highest BCUT2D eigenvalue weighted by Gasteiger charge is 2.29. The van der Waals surface area contributed by atoms with Gasteiger partial charge in [-0.1, -0.05) is 6.07 Å². The van der Waals surface area contributed by atoms with Crippen molar-refractivity contribution in [1.82, 2.24) is 24.7 Å². The van der Waals surface area contributed by atoms with Crippen molar-refractivity contribution in [1.29, 1.82) is 0 Å². The minimum Gasteiger partial charge on any atom is -0.494 e. The Morgan fingerprint density at radius 3 is 2.35 bits per heavy atom. The van der Waals surface area contributed by atoms with Gasteiger partial charge in [0.05, 0.1) is 30.2 Å². The molecule has 0 radical (unpaired) electrons. The zero-order valence-electron chi connectivity index (χ0n) is 18.5. The summed E-state index contributed by atoms with van der Waals surface area (Å²) in [6.07, 6.45) is 4.71. The first-order chi connectivity index (χ1) is 16.3. The molecule has 178 valence electrons. The lowest BCUT2D eigenvalue weighted by Gasteiger charge is -2.18. The van der Waals surface area contributed by atoms with Crippen molar-refractivity contribution in [2.24, 2.45) is 0 Å². The van der Waals surface area contributed by atoms with Gasteiger partial charge in [0.25, 0.3) is 0 Å². The van der Waals surface area contributed by atoms with Gasteiger partial charge in [0.15, 0.2) is 5.76 Å². The SMILES string of the molecule is COc1cccc(OC)c1-n1c(NS(=O)(=O)C(C)Cc2ncc(Br)cn2)nnc1-c1ccco1. The topological polar surface area (TPSA) is 134 Å². The van der Waals surface area contributed by atoms with Crippen LogP contribution in [0.3, 0.4) is 0 Å². The molecule has 13 heteroatoms. The molecule has 1 unspecified atom stereocenters. The van der Waals surface area contributed by atoms with Crippen LogP contribution in [0.2, 0.25) is 0 Å². The number of sulfonamides is 1. The molecule has 1 atom stereocenters. The Bertz CT molecular complexity index is 1350. The summed E-state index contributed by atoms with van der Waals surface area (Å²) in [5.74, 6) is 1.81. The zero-order chi connectivity index (χ0) is 24.3. The minimum atomic E-state index is -3.92. The average Bonchev–Trinajstić information content (AvgIpc) is 3.49. The van der Waals surface area contributed by atoms with Gasteiger partial charge in [-0.3, -0.25) is 9.29 Å². The van der Waals surface area contributed by atoms with E-state index in [-0.39, 0.29) is 18.2 Å². The van der Waals surface area contributed by atoms with Crippen molar-refractivity contribution in [2.45, 2.75) is 18.6 Å². The van der Waals surface area contributed by atoms with Crippen molar-refractivity contribution < 1.29 is 22.3 Å². The van der Waals surface area contributed by atoms with Gasteiger partial charge in [-0.2, -0.15) is 0 Å². The fraction of sp³-hybridized carbons (Fsp3) is 0.238. The molecule has 1 N–H and O–H groups in total. The fourth-order valence-electron chi connectivity index (χ4n) is 3.22. The van der Waals surface area contributed by atoms with E-state index in [0.717, 1.165) is 0 Å². The summed E-state index contributed by atoms with van der Waals surface area (Å²) in [4.78, 5) is 8.32. The van der Waals surface area contributed by atoms with Crippen molar-refractivity contribution in [3.8, 4) is 28.8 Å². The van der Waals surface area contributed by atoms with Crippen LogP contribution in [0, 0.1) is 0 Å². The quantitative estimate of drug-likeness (QED) is 0.333. The molecule has 11 nitrogen and oxygen atoms in total. The number of halogens is 1. The molecule has 4 aromatic rings. The molecule has 0 saturated carbocycles. The number of hydrogen-bond donors (Lipinski definition) is 1. The van der Waals surface area contributed by atoms with Crippen molar-refractivity contribution in [2.75, 3.05) is 18.9 Å². The number of nitrogens with one attached hydrogen (secondary N) is 1. The summed E-state index contributed by atoms with van der Waals surface area (Å²) in [7, 11) is -0.925. The maximum absolute atomic E-state index is 13.2. The molecule has 3 aromatic heterocycles. The molecular formula is C21H21BrN6O5S. The van der Waals surface area contributed by atoms with Crippen LogP contribution in [0.5, 0.6) is 11.5 Å². The first-order valence-electron chi connectivity index (χ1n) is 10.0. The Morgan fingerprint density at radius 1 is 1.09 bits per heavy atom. The number of aromatic nitrogens is 5. The second-order valence-electron chi connectivity index (χ2n) is 7.15. The van der Waals surface area contributed by atoms with Gasteiger partial charge < -0.3 is 13.9 Å². The number of anilines is 1. The van der Waals surface area contributed by atoms with Gasteiger partial charge in [-0.05, 0) is 47.1 Å². The molecule has 0 aliphatic heterocycles. The van der Waals surface area contributed by atoms with Gasteiger partial charge in [-0.15, -0.1) is 10.2 Å². The van der Waals surface area contributed by atoms with Gasteiger partial charge in [0.1, 0.15) is 23.0 Å². The summed E-state index contributed by atoms with van der Waals surface area (Å²) in [6.45, 7) is 1.56. The zero-order valence-corrected chi connectivity index (χ0v) is 20.9. The monoisotopic (exact) mass is 548 g/mol. The van der Waals surface area contributed by atoms with E-state index in [0.29, 0.717) is 33.2 Å². The first-order valence-corrected chi connectivity index (χ1v) is 12.4. The van der Waals surface area contributed by atoms with Crippen LogP contribution < -0.4 is 14.2 Å². The third kappa shape index (κ3) is 4.75. The smallest absolute Gasteiger partial charge is 0.243 e. The third-order valence-electron chi connectivity index (χ3n) is 4.94. The van der Waals surface area contributed by atoms with Gasteiger partial charge >= 0.3 is 0 Å². The van der Waals surface area contributed by atoms with E-state index in [1.165, 1.54) is 25.0 Å². The van der Waals surface area contributed by atoms with Crippen LogP contribution in [0.25, 0.3) is 17.3 Å².